The predicted molar refractivity (Wildman–Crippen MR) is 80.8 cm³/mol. The topological polar surface area (TPSA) is 43.6 Å². The summed E-state index contributed by atoms with van der Waals surface area (Å²) in [5.74, 6) is 3.31. The third kappa shape index (κ3) is 2.40. The maximum absolute atomic E-state index is 11.7. The summed E-state index contributed by atoms with van der Waals surface area (Å²) in [6.07, 6.45) is 3.97. The lowest BCUT2D eigenvalue weighted by Crippen LogP contribution is -2.12. The van der Waals surface area contributed by atoms with Crippen LogP contribution in [0.5, 0.6) is 0 Å². The van der Waals surface area contributed by atoms with Crippen LogP contribution in [0.4, 0.5) is 0 Å². The highest BCUT2D eigenvalue weighted by Crippen LogP contribution is 2.33. The van der Waals surface area contributed by atoms with Crippen molar-refractivity contribution in [2.45, 2.75) is 18.8 Å². The Morgan fingerprint density at radius 1 is 1.45 bits per heavy atom. The standard InChI is InChI=1S/C14H15ClN2O2S/c1-19-14(18)10-2-3-11-12(15)16-13(17(11)8-10)9-4-6-20-7-5-9/h2-3,8-9H,4-7H2,1H3. The molecule has 2 aromatic heterocycles. The van der Waals surface area contributed by atoms with Crippen LogP contribution in [0.25, 0.3) is 5.52 Å². The van der Waals surface area contributed by atoms with Gasteiger partial charge in [0.1, 0.15) is 5.82 Å². The van der Waals surface area contributed by atoms with Crippen LogP contribution in [-0.4, -0.2) is 34.0 Å². The molecule has 0 atom stereocenters. The van der Waals surface area contributed by atoms with Gasteiger partial charge in [-0.3, -0.25) is 0 Å². The fourth-order valence-corrected chi connectivity index (χ4v) is 3.90. The van der Waals surface area contributed by atoms with E-state index in [1.54, 1.807) is 12.3 Å². The molecule has 3 heterocycles. The number of esters is 1. The van der Waals surface area contributed by atoms with Crippen LogP contribution in [0.2, 0.25) is 5.15 Å². The van der Waals surface area contributed by atoms with E-state index >= 15 is 0 Å². The van der Waals surface area contributed by atoms with Crippen molar-refractivity contribution in [3.05, 3.63) is 34.9 Å². The number of carbonyl (C=O) groups excluding carboxylic acids is 1. The molecule has 20 heavy (non-hydrogen) atoms. The normalized spacial score (nSPS) is 16.5. The Morgan fingerprint density at radius 3 is 2.90 bits per heavy atom. The van der Waals surface area contributed by atoms with Crippen molar-refractivity contribution in [2.24, 2.45) is 0 Å². The Labute approximate surface area is 126 Å². The van der Waals surface area contributed by atoms with E-state index in [1.165, 1.54) is 7.11 Å². The van der Waals surface area contributed by atoms with Crippen molar-refractivity contribution < 1.29 is 9.53 Å². The van der Waals surface area contributed by atoms with E-state index in [0.717, 1.165) is 35.7 Å². The molecule has 0 unspecified atom stereocenters. The number of methoxy groups -OCH3 is 1. The molecule has 1 fully saturated rings. The highest BCUT2D eigenvalue weighted by Gasteiger charge is 2.22. The van der Waals surface area contributed by atoms with Gasteiger partial charge in [0, 0.05) is 12.1 Å². The smallest absolute Gasteiger partial charge is 0.339 e. The first-order valence-corrected chi connectivity index (χ1v) is 8.07. The summed E-state index contributed by atoms with van der Waals surface area (Å²) >= 11 is 8.18. The molecule has 0 spiro atoms. The van der Waals surface area contributed by atoms with Gasteiger partial charge < -0.3 is 9.14 Å². The Balaban J connectivity index is 2.08. The van der Waals surface area contributed by atoms with Crippen LogP contribution < -0.4 is 0 Å². The summed E-state index contributed by atoms with van der Waals surface area (Å²) in [6, 6.07) is 3.54. The lowest BCUT2D eigenvalue weighted by molar-refractivity contribution is 0.0600. The predicted octanol–water partition coefficient (Wildman–Crippen LogP) is 3.38. The van der Waals surface area contributed by atoms with Crippen LogP contribution in [0.15, 0.2) is 18.3 Å². The molecular formula is C14H15ClN2O2S. The summed E-state index contributed by atoms with van der Waals surface area (Å²) in [5, 5.41) is 0.495. The van der Waals surface area contributed by atoms with Gasteiger partial charge in [0.05, 0.1) is 18.2 Å². The molecule has 0 bridgehead atoms. The van der Waals surface area contributed by atoms with E-state index in [-0.39, 0.29) is 5.97 Å². The van der Waals surface area contributed by atoms with Crippen LogP contribution in [0.3, 0.4) is 0 Å². The zero-order valence-corrected chi connectivity index (χ0v) is 12.7. The molecule has 0 aliphatic carbocycles. The quantitative estimate of drug-likeness (QED) is 0.798. The lowest BCUT2D eigenvalue weighted by Gasteiger charge is -2.20. The van der Waals surface area contributed by atoms with Gasteiger partial charge in [-0.05, 0) is 36.5 Å². The van der Waals surface area contributed by atoms with Gasteiger partial charge in [-0.15, -0.1) is 0 Å². The van der Waals surface area contributed by atoms with E-state index < -0.39 is 0 Å². The molecule has 0 aromatic carbocycles. The van der Waals surface area contributed by atoms with Crippen molar-refractivity contribution in [3.63, 3.8) is 0 Å². The fourth-order valence-electron chi connectivity index (χ4n) is 2.55. The second kappa shape index (κ2) is 5.66. The monoisotopic (exact) mass is 310 g/mol. The van der Waals surface area contributed by atoms with Gasteiger partial charge in [-0.25, -0.2) is 9.78 Å². The molecule has 0 N–H and O–H groups in total. The van der Waals surface area contributed by atoms with Gasteiger partial charge in [0.2, 0.25) is 0 Å². The number of hydrogen-bond donors (Lipinski definition) is 0. The van der Waals surface area contributed by atoms with E-state index in [1.807, 2.05) is 22.2 Å². The Morgan fingerprint density at radius 2 is 2.20 bits per heavy atom. The second-order valence-corrected chi connectivity index (χ2v) is 6.39. The van der Waals surface area contributed by atoms with Crippen molar-refractivity contribution >= 4 is 34.8 Å². The van der Waals surface area contributed by atoms with E-state index in [9.17, 15) is 4.79 Å². The minimum Gasteiger partial charge on any atom is -0.465 e. The van der Waals surface area contributed by atoms with Crippen molar-refractivity contribution in [1.29, 1.82) is 0 Å². The van der Waals surface area contributed by atoms with Gasteiger partial charge in [-0.1, -0.05) is 11.6 Å². The Bertz CT molecular complexity index is 650. The molecule has 106 valence electrons. The molecule has 0 radical (unpaired) electrons. The Hall–Kier alpha value is -1.20. The van der Waals surface area contributed by atoms with Crippen molar-refractivity contribution in [3.8, 4) is 0 Å². The minimum absolute atomic E-state index is 0.345. The van der Waals surface area contributed by atoms with E-state index in [2.05, 4.69) is 4.98 Å². The molecule has 4 nitrogen and oxygen atoms in total. The number of thioether (sulfide) groups is 1. The summed E-state index contributed by atoms with van der Waals surface area (Å²) in [4.78, 5) is 16.2. The zero-order chi connectivity index (χ0) is 14.1. The van der Waals surface area contributed by atoms with Crippen LogP contribution in [0, 0.1) is 0 Å². The highest BCUT2D eigenvalue weighted by molar-refractivity contribution is 7.99. The van der Waals surface area contributed by atoms with Gasteiger partial charge >= 0.3 is 5.97 Å². The molecule has 2 aromatic rings. The first-order valence-electron chi connectivity index (χ1n) is 6.54. The second-order valence-electron chi connectivity index (χ2n) is 4.81. The number of imidazole rings is 1. The molecular weight excluding hydrogens is 296 g/mol. The fraction of sp³-hybridized carbons (Fsp3) is 0.429. The average Bonchev–Trinajstić information content (AvgIpc) is 2.84. The maximum atomic E-state index is 11.7. The van der Waals surface area contributed by atoms with Crippen LogP contribution in [0.1, 0.15) is 34.9 Å². The largest absolute Gasteiger partial charge is 0.465 e. The van der Waals surface area contributed by atoms with Gasteiger partial charge in [-0.2, -0.15) is 11.8 Å². The number of aromatic nitrogens is 2. The maximum Gasteiger partial charge on any atom is 0.339 e. The first-order chi connectivity index (χ1) is 9.70. The summed E-state index contributed by atoms with van der Waals surface area (Å²) < 4.78 is 6.71. The molecule has 1 aliphatic rings. The Kier molecular flexibility index (Phi) is 3.89. The van der Waals surface area contributed by atoms with E-state index in [0.29, 0.717) is 16.6 Å². The van der Waals surface area contributed by atoms with Gasteiger partial charge in [0.25, 0.3) is 0 Å². The average molecular weight is 311 g/mol. The molecule has 1 aliphatic heterocycles. The van der Waals surface area contributed by atoms with Crippen LogP contribution >= 0.6 is 23.4 Å². The van der Waals surface area contributed by atoms with Crippen molar-refractivity contribution in [1.82, 2.24) is 9.38 Å². The molecule has 0 amide bonds. The number of nitrogens with zero attached hydrogens (tertiary/aromatic N) is 2. The first kappa shape index (κ1) is 13.8. The number of halogens is 1. The number of rotatable bonds is 2. The lowest BCUT2D eigenvalue weighted by atomic mass is 10.0. The zero-order valence-electron chi connectivity index (χ0n) is 11.1. The molecule has 1 saturated heterocycles. The number of hydrogen-bond acceptors (Lipinski definition) is 4. The summed E-state index contributed by atoms with van der Waals surface area (Å²) in [5.41, 5.74) is 1.35. The van der Waals surface area contributed by atoms with Crippen molar-refractivity contribution in [2.75, 3.05) is 18.6 Å². The van der Waals surface area contributed by atoms with E-state index in [4.69, 9.17) is 16.3 Å². The summed E-state index contributed by atoms with van der Waals surface area (Å²) in [6.45, 7) is 0. The minimum atomic E-state index is -0.345. The number of fused-ring (bicyclic) bond motifs is 1. The molecule has 6 heteroatoms. The third-order valence-electron chi connectivity index (χ3n) is 3.63. The number of pyridine rings is 1. The highest BCUT2D eigenvalue weighted by atomic mass is 35.5. The molecule has 3 rings (SSSR count). The van der Waals surface area contributed by atoms with Crippen LogP contribution in [-0.2, 0) is 4.74 Å². The summed E-state index contributed by atoms with van der Waals surface area (Å²) in [7, 11) is 1.38. The number of carbonyl (C=O) groups is 1. The molecule has 0 saturated carbocycles. The third-order valence-corrected chi connectivity index (χ3v) is 4.95. The SMILES string of the molecule is COC(=O)c1ccc2c(Cl)nc(C3CCSCC3)n2c1. The van der Waals surface area contributed by atoms with Gasteiger partial charge in [0.15, 0.2) is 5.15 Å². The number of ether oxygens (including phenoxy) is 1.